The van der Waals surface area contributed by atoms with E-state index in [0.717, 1.165) is 16.7 Å². The third-order valence-electron chi connectivity index (χ3n) is 6.16. The Balaban J connectivity index is 2.18. The van der Waals surface area contributed by atoms with E-state index in [9.17, 15) is 14.7 Å². The van der Waals surface area contributed by atoms with Crippen LogP contribution in [0.1, 0.15) is 69.4 Å². The molecule has 0 spiro atoms. The van der Waals surface area contributed by atoms with Crippen molar-refractivity contribution >= 4 is 11.7 Å². The largest absolute Gasteiger partial charge is 0.507 e. The first-order chi connectivity index (χ1) is 14.6. The lowest BCUT2D eigenvalue weighted by Gasteiger charge is -2.37. The van der Waals surface area contributed by atoms with Gasteiger partial charge in [-0.25, -0.2) is 0 Å². The summed E-state index contributed by atoms with van der Waals surface area (Å²) < 4.78 is 5.49. The molecule has 1 aromatic rings. The van der Waals surface area contributed by atoms with Crippen LogP contribution in [0.2, 0.25) is 0 Å². The fraction of sp³-hybridized carbons (Fsp3) is 0.385. The predicted octanol–water partition coefficient (Wildman–Crippen LogP) is 5.52. The first-order valence-corrected chi connectivity index (χ1v) is 10.5. The number of aliphatic hydroxyl groups is 1. The molecule has 0 unspecified atom stereocenters. The number of methoxy groups -OCH3 is 1. The summed E-state index contributed by atoms with van der Waals surface area (Å²) in [4.78, 5) is 26.7. The number of nitrogens with one attached hydrogen (secondary N) is 1. The van der Waals surface area contributed by atoms with Crippen molar-refractivity contribution in [3.8, 4) is 5.75 Å². The predicted molar refractivity (Wildman–Crippen MR) is 122 cm³/mol. The number of rotatable bonds is 6. The second kappa shape index (κ2) is 8.58. The van der Waals surface area contributed by atoms with Crippen LogP contribution in [0.3, 0.4) is 0 Å². The summed E-state index contributed by atoms with van der Waals surface area (Å²) in [6.45, 7) is 9.92. The molecule has 3 rings (SSSR count). The zero-order chi connectivity index (χ0) is 22.9. The van der Waals surface area contributed by atoms with Gasteiger partial charge in [-0.3, -0.25) is 9.59 Å². The Morgan fingerprint density at radius 3 is 2.29 bits per heavy atom. The van der Waals surface area contributed by atoms with Crippen molar-refractivity contribution < 1.29 is 19.4 Å². The minimum absolute atomic E-state index is 0.100. The number of Topliss-reactive ketones (excluding diaryl/α,β-unsaturated/α-hetero) is 1. The van der Waals surface area contributed by atoms with Gasteiger partial charge in [0, 0.05) is 11.1 Å². The molecule has 0 bridgehead atoms. The van der Waals surface area contributed by atoms with Gasteiger partial charge in [-0.15, -0.1) is 0 Å². The number of carbonyl (C=O) groups excluding carboxylic acids is 2. The molecule has 0 fully saturated rings. The van der Waals surface area contributed by atoms with Crippen molar-refractivity contribution in [2.24, 2.45) is 5.41 Å². The Kier molecular flexibility index (Phi) is 6.25. The average Bonchev–Trinajstić information content (AvgIpc) is 3.03. The van der Waals surface area contributed by atoms with Crippen LogP contribution in [0.5, 0.6) is 5.75 Å². The molecular formula is C26H31NO4. The highest BCUT2D eigenvalue weighted by Gasteiger charge is 2.48. The first-order valence-electron chi connectivity index (χ1n) is 10.5. The number of aliphatic hydroxyl groups excluding tert-OH is 1. The summed E-state index contributed by atoms with van der Waals surface area (Å²) in [6, 6.07) is 4.46. The Hall–Kier alpha value is -3.08. The molecule has 0 saturated heterocycles. The monoisotopic (exact) mass is 421 g/mol. The number of hydrogen-bond donors (Lipinski definition) is 2. The smallest absolute Gasteiger partial charge is 0.252 e. The summed E-state index contributed by atoms with van der Waals surface area (Å²) in [5.41, 5.74) is 3.52. The van der Waals surface area contributed by atoms with Crippen molar-refractivity contribution in [2.75, 3.05) is 7.11 Å². The quantitative estimate of drug-likeness (QED) is 0.593. The van der Waals surface area contributed by atoms with E-state index in [-0.39, 0.29) is 23.0 Å². The van der Waals surface area contributed by atoms with Crippen molar-refractivity contribution in [3.05, 3.63) is 75.6 Å². The van der Waals surface area contributed by atoms with Crippen LogP contribution >= 0.6 is 0 Å². The van der Waals surface area contributed by atoms with Crippen molar-refractivity contribution in [1.29, 1.82) is 0 Å². The number of benzene rings is 1. The van der Waals surface area contributed by atoms with Crippen LogP contribution in [0, 0.1) is 5.41 Å². The molecule has 1 atom stereocenters. The summed E-state index contributed by atoms with van der Waals surface area (Å²) >= 11 is 0. The van der Waals surface area contributed by atoms with Gasteiger partial charge < -0.3 is 15.2 Å². The standard InChI is InChI=1S/C26H31NO4/c1-15(2)10-12-26(13-11-16(3)4)17(5)14-19(28)22(24(26)29)23-21-18(25(30)27-23)8-7-9-20(21)31-6/h7-11,14,23,28H,12-13H2,1-6H3,(H,27,30)/t23-/m1/s1. The van der Waals surface area contributed by atoms with Crippen LogP contribution in [0.25, 0.3) is 0 Å². The molecule has 0 radical (unpaired) electrons. The molecule has 2 N–H and O–H groups in total. The minimum atomic E-state index is -0.814. The summed E-state index contributed by atoms with van der Waals surface area (Å²) in [6.07, 6.45) is 6.85. The lowest BCUT2D eigenvalue weighted by molar-refractivity contribution is -0.123. The van der Waals surface area contributed by atoms with Crippen LogP contribution < -0.4 is 10.1 Å². The van der Waals surface area contributed by atoms with Gasteiger partial charge in [-0.1, -0.05) is 34.9 Å². The second-order valence-electron chi connectivity index (χ2n) is 8.84. The molecule has 0 aromatic heterocycles. The van der Waals surface area contributed by atoms with E-state index in [1.54, 1.807) is 24.3 Å². The van der Waals surface area contributed by atoms with Crippen LogP contribution in [-0.4, -0.2) is 23.9 Å². The van der Waals surface area contributed by atoms with E-state index in [1.165, 1.54) is 7.11 Å². The molecule has 1 aliphatic heterocycles. The van der Waals surface area contributed by atoms with E-state index in [4.69, 9.17) is 4.74 Å². The van der Waals surface area contributed by atoms with E-state index in [2.05, 4.69) is 17.5 Å². The summed E-state index contributed by atoms with van der Waals surface area (Å²) in [5.74, 6) is -0.0301. The maximum absolute atomic E-state index is 14.1. The lowest BCUT2D eigenvalue weighted by atomic mass is 9.65. The van der Waals surface area contributed by atoms with Gasteiger partial charge in [0.05, 0.1) is 24.1 Å². The van der Waals surface area contributed by atoms with Crippen LogP contribution in [0.15, 0.2) is 64.5 Å². The van der Waals surface area contributed by atoms with Gasteiger partial charge in [-0.2, -0.15) is 0 Å². The molecule has 1 heterocycles. The van der Waals surface area contributed by atoms with Gasteiger partial charge in [-0.05, 0) is 65.7 Å². The number of hydrogen-bond acceptors (Lipinski definition) is 4. The molecule has 164 valence electrons. The zero-order valence-corrected chi connectivity index (χ0v) is 19.1. The number of fused-ring (bicyclic) bond motifs is 1. The normalized spacial score (nSPS) is 19.4. The van der Waals surface area contributed by atoms with Crippen LogP contribution in [0.4, 0.5) is 0 Å². The van der Waals surface area contributed by atoms with Crippen molar-refractivity contribution in [3.63, 3.8) is 0 Å². The van der Waals surface area contributed by atoms with Crippen molar-refractivity contribution in [2.45, 2.75) is 53.5 Å². The summed E-state index contributed by atoms with van der Waals surface area (Å²) in [7, 11) is 1.53. The Morgan fingerprint density at radius 1 is 1.13 bits per heavy atom. The maximum atomic E-state index is 14.1. The van der Waals surface area contributed by atoms with E-state index in [1.807, 2.05) is 34.6 Å². The summed E-state index contributed by atoms with van der Waals surface area (Å²) in [5, 5.41) is 13.8. The molecule has 1 aromatic carbocycles. The molecular weight excluding hydrogens is 390 g/mol. The Labute approximate surface area is 184 Å². The first kappa shape index (κ1) is 22.6. The van der Waals surface area contributed by atoms with Gasteiger partial charge in [0.2, 0.25) is 0 Å². The van der Waals surface area contributed by atoms with Crippen LogP contribution in [-0.2, 0) is 4.79 Å². The average molecular weight is 422 g/mol. The second-order valence-corrected chi connectivity index (χ2v) is 8.84. The number of allylic oxidation sites excluding steroid dienone is 6. The third-order valence-corrected chi connectivity index (χ3v) is 6.16. The zero-order valence-electron chi connectivity index (χ0n) is 19.1. The fourth-order valence-electron chi connectivity index (χ4n) is 4.32. The van der Waals surface area contributed by atoms with Gasteiger partial charge in [0.1, 0.15) is 11.5 Å². The van der Waals surface area contributed by atoms with E-state index in [0.29, 0.717) is 29.7 Å². The molecule has 31 heavy (non-hydrogen) atoms. The van der Waals surface area contributed by atoms with E-state index < -0.39 is 11.5 Å². The van der Waals surface area contributed by atoms with Gasteiger partial charge >= 0.3 is 0 Å². The number of amides is 1. The highest BCUT2D eigenvalue weighted by Crippen LogP contribution is 2.48. The highest BCUT2D eigenvalue weighted by molar-refractivity contribution is 6.09. The van der Waals surface area contributed by atoms with Gasteiger partial charge in [0.15, 0.2) is 5.78 Å². The van der Waals surface area contributed by atoms with Gasteiger partial charge in [0.25, 0.3) is 5.91 Å². The molecule has 5 nitrogen and oxygen atoms in total. The molecule has 1 aliphatic carbocycles. The Bertz CT molecular complexity index is 1030. The topological polar surface area (TPSA) is 75.6 Å². The fourth-order valence-corrected chi connectivity index (χ4v) is 4.32. The molecule has 2 aliphatic rings. The van der Waals surface area contributed by atoms with Crippen molar-refractivity contribution in [1.82, 2.24) is 5.32 Å². The van der Waals surface area contributed by atoms with E-state index >= 15 is 0 Å². The third kappa shape index (κ3) is 3.97. The minimum Gasteiger partial charge on any atom is -0.507 e. The lowest BCUT2D eigenvalue weighted by Crippen LogP contribution is -2.39. The SMILES string of the molecule is COc1cccc2c1[C@H](C1=C(O)C=C(C)C(CC=C(C)C)(CC=C(C)C)C1=O)NC2=O. The molecule has 1 amide bonds. The maximum Gasteiger partial charge on any atom is 0.252 e. The Morgan fingerprint density at radius 2 is 1.74 bits per heavy atom. The number of ether oxygens (including phenoxy) is 1. The highest BCUT2D eigenvalue weighted by atomic mass is 16.5. The number of carbonyl (C=O) groups is 2. The number of ketones is 1. The molecule has 5 heteroatoms. The molecule has 0 saturated carbocycles.